The van der Waals surface area contributed by atoms with E-state index in [0.717, 1.165) is 0 Å². The molecule has 0 heterocycles. The van der Waals surface area contributed by atoms with Crippen LogP contribution in [0.4, 0.5) is 0 Å². The maximum atomic E-state index is 0. The average Bonchev–Trinajstić information content (AvgIpc) is 0. The largest absolute Gasteiger partial charge is 0 e. The zero-order valence-electron chi connectivity index (χ0n) is 2.01. The molecule has 0 aliphatic heterocycles. The van der Waals surface area contributed by atoms with Crippen LogP contribution in [-0.4, -0.2) is 23.9 Å². The molecule has 5 heavy (non-hydrogen) atoms. The van der Waals surface area contributed by atoms with Crippen molar-refractivity contribution in [3.05, 3.63) is 0 Å². The fourth-order valence-corrected chi connectivity index (χ4v) is 0. The molecule has 0 aromatic heterocycles. The molecule has 0 N–H and O–H groups in total. The third kappa shape index (κ3) is 19.8. The second-order valence-corrected chi connectivity index (χ2v) is 0. The molecule has 32 valence electrons. The van der Waals surface area contributed by atoms with Gasteiger partial charge in [0.25, 0.3) is 0 Å². The molecule has 0 spiro atoms. The first kappa shape index (κ1) is 45.0. The van der Waals surface area contributed by atoms with Crippen LogP contribution in [0.25, 0.3) is 0 Å². The van der Waals surface area contributed by atoms with Gasteiger partial charge in [-0.05, 0) is 0 Å². The molecule has 5 heteroatoms. The van der Waals surface area contributed by atoms with Crippen LogP contribution >= 0.6 is 0 Å². The van der Waals surface area contributed by atoms with Crippen LogP contribution in [0.2, 0.25) is 0 Å². The molecule has 0 amide bonds. The summed E-state index contributed by atoms with van der Waals surface area (Å²) in [5, 5.41) is 0. The van der Waals surface area contributed by atoms with E-state index in [9.17, 15) is 0 Å². The Morgan fingerprint density at radius 2 is 0.400 bits per heavy atom. The minimum atomic E-state index is 0. The van der Waals surface area contributed by atoms with Crippen molar-refractivity contribution < 1.29 is 68.3 Å². The number of hydrogen-bond donors (Lipinski definition) is 0. The zero-order valence-corrected chi connectivity index (χ0v) is 9.59. The van der Waals surface area contributed by atoms with Crippen LogP contribution in [0, 0.1) is 0 Å². The Morgan fingerprint density at radius 3 is 0.400 bits per heavy atom. The van der Waals surface area contributed by atoms with Crippen LogP contribution in [0.1, 0.15) is 0 Å². The Kier molecular flexibility index (Phi) is 258. The van der Waals surface area contributed by atoms with Crippen molar-refractivity contribution in [2.24, 2.45) is 0 Å². The van der Waals surface area contributed by atoms with Crippen molar-refractivity contribution in [3.8, 4) is 0 Å². The molecule has 0 aliphatic rings. The second-order valence-electron chi connectivity index (χ2n) is 0. The van der Waals surface area contributed by atoms with Crippen LogP contribution in [0.15, 0.2) is 0 Å². The molecule has 0 aromatic carbocycles. The van der Waals surface area contributed by atoms with Gasteiger partial charge in [-0.2, -0.15) is 0 Å². The van der Waals surface area contributed by atoms with E-state index in [4.69, 9.17) is 0 Å². The van der Waals surface area contributed by atoms with Crippen LogP contribution < -0.4 is 0 Å². The summed E-state index contributed by atoms with van der Waals surface area (Å²) in [6.07, 6.45) is 0. The molecule has 0 unspecified atom stereocenters. The Labute approximate surface area is 90.8 Å². The summed E-state index contributed by atoms with van der Waals surface area (Å²) in [5.74, 6) is 0. The standard InChI is InChI=1S/4Mn.Sn. The third-order valence-corrected chi connectivity index (χ3v) is 0. The summed E-state index contributed by atoms with van der Waals surface area (Å²) in [4.78, 5) is 0. The smallest absolute Gasteiger partial charge is 0 e. The monoisotopic (exact) mass is 340 g/mol. The van der Waals surface area contributed by atoms with Gasteiger partial charge < -0.3 is 0 Å². The van der Waals surface area contributed by atoms with Gasteiger partial charge in [-0.25, -0.2) is 0 Å². The molecule has 0 aliphatic carbocycles. The van der Waals surface area contributed by atoms with E-state index in [0.29, 0.717) is 0 Å². The van der Waals surface area contributed by atoms with E-state index in [1.807, 2.05) is 0 Å². The summed E-state index contributed by atoms with van der Waals surface area (Å²) < 4.78 is 0. The van der Waals surface area contributed by atoms with Gasteiger partial charge in [0.15, 0.2) is 0 Å². The first-order valence-corrected chi connectivity index (χ1v) is 0. The van der Waals surface area contributed by atoms with Crippen molar-refractivity contribution in [1.82, 2.24) is 0 Å². The first-order valence-electron chi connectivity index (χ1n) is 0. The molecule has 0 nitrogen and oxygen atoms in total. The predicted octanol–water partition coefficient (Wildman–Crippen LogP) is -0.391. The van der Waals surface area contributed by atoms with Gasteiger partial charge >= 0.3 is 0 Å². The second kappa shape index (κ2) is 28.7. The molecule has 0 fully saturated rings. The topological polar surface area (TPSA) is 0 Å². The molecule has 0 aromatic rings. The van der Waals surface area contributed by atoms with Crippen molar-refractivity contribution in [3.63, 3.8) is 0 Å². The van der Waals surface area contributed by atoms with Crippen molar-refractivity contribution in [2.75, 3.05) is 0 Å². The number of rotatable bonds is 0. The van der Waals surface area contributed by atoms with Crippen LogP contribution in [0.5, 0.6) is 0 Å². The molecule has 0 saturated carbocycles. The SMILES string of the molecule is [Mn].[Mn].[Mn].[Mn].[Sn]. The fraction of sp³-hybridized carbons (Fsp3) is 0. The molecule has 0 atom stereocenters. The van der Waals surface area contributed by atoms with E-state index < -0.39 is 0 Å². The van der Waals surface area contributed by atoms with Crippen molar-refractivity contribution in [1.29, 1.82) is 0 Å². The first-order chi connectivity index (χ1) is 0. The van der Waals surface area contributed by atoms with E-state index in [-0.39, 0.29) is 92.2 Å². The average molecular weight is 338 g/mol. The summed E-state index contributed by atoms with van der Waals surface area (Å²) >= 11 is 0. The van der Waals surface area contributed by atoms with E-state index in [1.54, 1.807) is 0 Å². The molecule has 0 rings (SSSR count). The molecular formula is Mn4Sn. The van der Waals surface area contributed by atoms with Crippen molar-refractivity contribution in [2.45, 2.75) is 0 Å². The zero-order chi connectivity index (χ0) is 0. The Hall–Kier alpha value is 2.88. The molecular weight excluding hydrogens is 338 g/mol. The summed E-state index contributed by atoms with van der Waals surface area (Å²) in [5.41, 5.74) is 0. The summed E-state index contributed by atoms with van der Waals surface area (Å²) in [6, 6.07) is 0. The fourth-order valence-electron chi connectivity index (χ4n) is 0. The summed E-state index contributed by atoms with van der Waals surface area (Å²) in [6.45, 7) is 0. The quantitative estimate of drug-likeness (QED) is 0.528. The van der Waals surface area contributed by atoms with Gasteiger partial charge in [0.2, 0.25) is 0 Å². The van der Waals surface area contributed by atoms with Crippen LogP contribution in [0.3, 0.4) is 0 Å². The Morgan fingerprint density at radius 1 is 0.400 bits per heavy atom. The van der Waals surface area contributed by atoms with E-state index >= 15 is 0 Å². The van der Waals surface area contributed by atoms with Crippen LogP contribution in [-0.2, 0) is 68.3 Å². The minimum absolute atomic E-state index is 0. The minimum Gasteiger partial charge on any atom is 0 e. The van der Waals surface area contributed by atoms with E-state index in [2.05, 4.69) is 0 Å². The molecule has 8 radical (unpaired) electrons. The van der Waals surface area contributed by atoms with Gasteiger partial charge in [-0.15, -0.1) is 0 Å². The maximum Gasteiger partial charge on any atom is 0 e. The van der Waals surface area contributed by atoms with Gasteiger partial charge in [0.05, 0.1) is 0 Å². The Bertz CT molecular complexity index is 3.61. The maximum absolute atomic E-state index is 0. The van der Waals surface area contributed by atoms with Gasteiger partial charge in [-0.1, -0.05) is 0 Å². The van der Waals surface area contributed by atoms with Gasteiger partial charge in [0.1, 0.15) is 0 Å². The Balaban J connectivity index is 0. The number of hydrogen-bond acceptors (Lipinski definition) is 0. The summed E-state index contributed by atoms with van der Waals surface area (Å²) in [7, 11) is 0. The van der Waals surface area contributed by atoms with Crippen molar-refractivity contribution >= 4 is 23.9 Å². The van der Waals surface area contributed by atoms with E-state index in [1.165, 1.54) is 0 Å². The normalized spacial score (nSPS) is 0. The molecule has 0 bridgehead atoms. The van der Waals surface area contributed by atoms with Gasteiger partial charge in [-0.3, -0.25) is 0 Å². The predicted molar refractivity (Wildman–Crippen MR) is 5.75 cm³/mol. The molecule has 0 saturated heterocycles. The third-order valence-electron chi connectivity index (χ3n) is 0. The van der Waals surface area contributed by atoms with Gasteiger partial charge in [0, 0.05) is 92.2 Å².